The average Bonchev–Trinajstić information content (AvgIpc) is 2.81. The molecule has 6 heteroatoms. The minimum Gasteiger partial charge on any atom is -0.394 e. The normalized spacial score (nSPS) is 10.9. The summed E-state index contributed by atoms with van der Waals surface area (Å²) in [5.74, 6) is 0. The summed E-state index contributed by atoms with van der Waals surface area (Å²) in [5, 5.41) is 16.7. The molecule has 0 spiro atoms. The zero-order chi connectivity index (χ0) is 23.8. The molecule has 0 bridgehead atoms. The van der Waals surface area contributed by atoms with Gasteiger partial charge in [-0.1, -0.05) is 103 Å². The fourth-order valence-corrected chi connectivity index (χ4v) is 3.36. The van der Waals surface area contributed by atoms with Crippen molar-refractivity contribution in [2.45, 2.75) is 110 Å². The van der Waals surface area contributed by atoms with E-state index in [4.69, 9.17) is 30.2 Å². The average molecular weight is 464 g/mol. The van der Waals surface area contributed by atoms with Crippen LogP contribution in [-0.4, -0.2) is 69.6 Å². The van der Waals surface area contributed by atoms with Gasteiger partial charge in [-0.3, -0.25) is 0 Å². The maximum Gasteiger partial charge on any atom is 0.0701 e. The molecule has 0 atom stereocenters. The number of aliphatic hydroxyl groups is 2. The molecule has 0 aromatic carbocycles. The van der Waals surface area contributed by atoms with Crippen molar-refractivity contribution in [2.75, 3.05) is 59.4 Å². The van der Waals surface area contributed by atoms with Crippen LogP contribution in [0.3, 0.4) is 0 Å². The van der Waals surface area contributed by atoms with Crippen molar-refractivity contribution >= 4 is 0 Å². The maximum absolute atomic E-state index is 8.36. The van der Waals surface area contributed by atoms with Gasteiger partial charge in [-0.15, -0.1) is 0 Å². The zero-order valence-electron chi connectivity index (χ0n) is 21.4. The number of ether oxygens (including phenoxy) is 3. The summed E-state index contributed by atoms with van der Waals surface area (Å²) in [4.78, 5) is 0. The first kappa shape index (κ1) is 33.9. The van der Waals surface area contributed by atoms with Gasteiger partial charge in [0.15, 0.2) is 0 Å². The van der Waals surface area contributed by atoms with Crippen LogP contribution >= 0.6 is 0 Å². The van der Waals surface area contributed by atoms with Crippen LogP contribution in [0, 0.1) is 0 Å². The smallest absolute Gasteiger partial charge is 0.0701 e. The number of hydrogen-bond acceptors (Lipinski definition) is 6. The number of unbranched alkanes of at least 4 members (excludes halogenated alkanes) is 15. The molecule has 0 fully saturated rings. The lowest BCUT2D eigenvalue weighted by Crippen LogP contribution is -2.11. The Morgan fingerprint density at radius 2 is 0.719 bits per heavy atom. The molecule has 0 rings (SSSR count). The zero-order valence-corrected chi connectivity index (χ0v) is 21.4. The number of aliphatic hydroxyl groups excluding tert-OH is 2. The van der Waals surface area contributed by atoms with E-state index in [1.807, 2.05) is 0 Å². The van der Waals surface area contributed by atoms with Gasteiger partial charge in [0.25, 0.3) is 0 Å². The SMILES string of the molecule is CCCCCCCCCCCCCCCCCCN.OCCOCCOCCOCCO. The molecule has 0 saturated heterocycles. The quantitative estimate of drug-likeness (QED) is 0.152. The van der Waals surface area contributed by atoms with E-state index >= 15 is 0 Å². The summed E-state index contributed by atoms with van der Waals surface area (Å²) in [6, 6.07) is 0. The van der Waals surface area contributed by atoms with Gasteiger partial charge in [0, 0.05) is 0 Å². The predicted molar refractivity (Wildman–Crippen MR) is 135 cm³/mol. The lowest BCUT2D eigenvalue weighted by Gasteiger charge is -2.04. The van der Waals surface area contributed by atoms with Gasteiger partial charge in [0.1, 0.15) is 0 Å². The largest absolute Gasteiger partial charge is 0.394 e. The van der Waals surface area contributed by atoms with Crippen LogP contribution in [0.4, 0.5) is 0 Å². The highest BCUT2D eigenvalue weighted by Crippen LogP contribution is 2.13. The van der Waals surface area contributed by atoms with Crippen LogP contribution in [0.25, 0.3) is 0 Å². The summed E-state index contributed by atoms with van der Waals surface area (Å²) >= 11 is 0. The maximum atomic E-state index is 8.36. The van der Waals surface area contributed by atoms with Crippen molar-refractivity contribution in [3.8, 4) is 0 Å². The number of hydrogen-bond donors (Lipinski definition) is 3. The fraction of sp³-hybridized carbons (Fsp3) is 1.00. The third kappa shape index (κ3) is 37.1. The Morgan fingerprint density at radius 1 is 0.438 bits per heavy atom. The monoisotopic (exact) mass is 463 g/mol. The predicted octanol–water partition coefficient (Wildman–Crippen LogP) is 5.23. The molecule has 0 aliphatic carbocycles. The Balaban J connectivity index is 0. The van der Waals surface area contributed by atoms with Crippen molar-refractivity contribution in [1.29, 1.82) is 0 Å². The van der Waals surface area contributed by atoms with Crippen LogP contribution < -0.4 is 5.73 Å². The highest BCUT2D eigenvalue weighted by molar-refractivity contribution is 4.50. The first-order valence-electron chi connectivity index (χ1n) is 13.5. The van der Waals surface area contributed by atoms with Gasteiger partial charge in [-0.25, -0.2) is 0 Å². The Morgan fingerprint density at radius 3 is 1.00 bits per heavy atom. The molecule has 4 N–H and O–H groups in total. The molecule has 0 radical (unpaired) electrons. The van der Waals surface area contributed by atoms with Crippen LogP contribution in [0.15, 0.2) is 0 Å². The van der Waals surface area contributed by atoms with Crippen LogP contribution in [-0.2, 0) is 14.2 Å². The molecule has 0 aliphatic heterocycles. The third-order valence-corrected chi connectivity index (χ3v) is 5.27. The van der Waals surface area contributed by atoms with E-state index in [9.17, 15) is 0 Å². The molecule has 0 saturated carbocycles. The van der Waals surface area contributed by atoms with Crippen molar-refractivity contribution in [3.63, 3.8) is 0 Å². The third-order valence-electron chi connectivity index (χ3n) is 5.27. The first-order valence-corrected chi connectivity index (χ1v) is 13.5. The highest BCUT2D eigenvalue weighted by Gasteiger charge is 1.94. The van der Waals surface area contributed by atoms with Gasteiger partial charge in [-0.2, -0.15) is 0 Å². The van der Waals surface area contributed by atoms with Gasteiger partial charge >= 0.3 is 0 Å². The van der Waals surface area contributed by atoms with Gasteiger partial charge in [0.05, 0.1) is 52.9 Å². The van der Waals surface area contributed by atoms with Gasteiger partial charge in [-0.05, 0) is 13.0 Å². The second-order valence-corrected chi connectivity index (χ2v) is 8.38. The summed E-state index contributed by atoms with van der Waals surface area (Å²) < 4.78 is 15.0. The molecule has 32 heavy (non-hydrogen) atoms. The summed E-state index contributed by atoms with van der Waals surface area (Å²) in [7, 11) is 0. The van der Waals surface area contributed by atoms with E-state index in [0.29, 0.717) is 39.6 Å². The van der Waals surface area contributed by atoms with E-state index in [1.54, 1.807) is 0 Å². The summed E-state index contributed by atoms with van der Waals surface area (Å²) in [5.41, 5.74) is 5.48. The minimum atomic E-state index is 0.0413. The molecule has 0 aromatic heterocycles. The Hall–Kier alpha value is -0.240. The van der Waals surface area contributed by atoms with E-state index in [-0.39, 0.29) is 13.2 Å². The van der Waals surface area contributed by atoms with E-state index in [0.717, 1.165) is 6.54 Å². The van der Waals surface area contributed by atoms with Crippen LogP contribution in [0.5, 0.6) is 0 Å². The first-order chi connectivity index (χ1) is 15.8. The highest BCUT2D eigenvalue weighted by atomic mass is 16.5. The van der Waals surface area contributed by atoms with Crippen molar-refractivity contribution in [3.05, 3.63) is 0 Å². The molecule has 0 unspecified atom stereocenters. The Bertz CT molecular complexity index is 269. The van der Waals surface area contributed by atoms with Crippen molar-refractivity contribution in [2.24, 2.45) is 5.73 Å². The van der Waals surface area contributed by atoms with Gasteiger partial charge < -0.3 is 30.2 Å². The molecule has 0 aromatic rings. The molecule has 6 nitrogen and oxygen atoms in total. The Labute approximate surface area is 199 Å². The molecule has 0 aliphatic rings. The Kier molecular flexibility index (Phi) is 37.5. The van der Waals surface area contributed by atoms with E-state index in [1.165, 1.54) is 103 Å². The van der Waals surface area contributed by atoms with Crippen LogP contribution in [0.1, 0.15) is 110 Å². The summed E-state index contributed by atoms with van der Waals surface area (Å²) in [6.07, 6.45) is 22.9. The second kappa shape index (κ2) is 35.4. The second-order valence-electron chi connectivity index (χ2n) is 8.38. The molecular formula is C26H57NO5. The fourth-order valence-electron chi connectivity index (χ4n) is 3.36. The standard InChI is InChI=1S/C18H39N.C8H18O5/c1-2-3-4-5-6-7-8-9-10-11-12-13-14-15-16-17-18-19;9-1-3-11-5-7-13-8-6-12-4-2-10/h2-19H2,1H3;9-10H,1-8H2. The van der Waals surface area contributed by atoms with Crippen molar-refractivity contribution < 1.29 is 24.4 Å². The van der Waals surface area contributed by atoms with E-state index in [2.05, 4.69) is 6.92 Å². The summed E-state index contributed by atoms with van der Waals surface area (Å²) in [6.45, 7) is 5.93. The lowest BCUT2D eigenvalue weighted by atomic mass is 10.0. The van der Waals surface area contributed by atoms with Crippen LogP contribution in [0.2, 0.25) is 0 Å². The molecular weight excluding hydrogens is 406 g/mol. The molecule has 196 valence electrons. The van der Waals surface area contributed by atoms with Gasteiger partial charge in [0.2, 0.25) is 0 Å². The topological polar surface area (TPSA) is 94.2 Å². The molecule has 0 heterocycles. The van der Waals surface area contributed by atoms with Crippen molar-refractivity contribution in [1.82, 2.24) is 0 Å². The van der Waals surface area contributed by atoms with E-state index < -0.39 is 0 Å². The number of nitrogens with two attached hydrogens (primary N) is 1. The lowest BCUT2D eigenvalue weighted by molar-refractivity contribution is 0.00230. The molecule has 0 amide bonds. The minimum absolute atomic E-state index is 0.0413. The number of rotatable bonds is 26.